The van der Waals surface area contributed by atoms with Crippen LogP contribution in [0.2, 0.25) is 10.0 Å². The van der Waals surface area contributed by atoms with Crippen molar-refractivity contribution >= 4 is 58.2 Å². The number of carbonyl (C=O) groups is 2. The number of carbonyl (C=O) groups excluding carboxylic acids is 2. The van der Waals surface area contributed by atoms with Crippen LogP contribution in [0, 0.1) is 0 Å². The topological polar surface area (TPSA) is 100 Å². The lowest BCUT2D eigenvalue weighted by Gasteiger charge is -2.36. The average Bonchev–Trinajstić information content (AvgIpc) is 2.90. The van der Waals surface area contributed by atoms with E-state index in [0.717, 1.165) is 11.4 Å². The Labute approximate surface area is 242 Å². The normalized spacial score (nSPS) is 17.3. The van der Waals surface area contributed by atoms with Crippen molar-refractivity contribution in [2.24, 2.45) is 0 Å². The van der Waals surface area contributed by atoms with Gasteiger partial charge < -0.3 is 24.6 Å². The number of rotatable bonds is 4. The van der Waals surface area contributed by atoms with Gasteiger partial charge in [-0.25, -0.2) is 9.78 Å². The summed E-state index contributed by atoms with van der Waals surface area (Å²) in [5.41, 5.74) is 1.89. The molecule has 1 fully saturated rings. The minimum atomic E-state index is -0.685. The molecule has 3 heterocycles. The molecule has 1 saturated heterocycles. The van der Waals surface area contributed by atoms with Crippen molar-refractivity contribution in [1.29, 1.82) is 0 Å². The minimum absolute atomic E-state index is 0.175. The maximum atomic E-state index is 13.3. The van der Waals surface area contributed by atoms with Crippen LogP contribution in [0.25, 0.3) is 0 Å². The summed E-state index contributed by atoms with van der Waals surface area (Å²) < 4.78 is 11.4. The van der Waals surface area contributed by atoms with E-state index in [1.807, 2.05) is 45.0 Å². The summed E-state index contributed by atoms with van der Waals surface area (Å²) in [4.78, 5) is 39.7. The standard InChI is InChI=1S/C28H30Cl2N6O4/c1-17-36(23-21(29)6-5-7-22(23)30)25(37)20-16-31-26(33-24(20)39-17)32-18-8-10-19(11-9-18)34-12-14-35(15-13-34)27(38)40-28(2,3)4/h5-11,16-17H,12-15H2,1-4H3,(H,31,32,33). The Bertz CT molecular complexity index is 1400. The Hall–Kier alpha value is -3.76. The van der Waals surface area contributed by atoms with Crippen molar-refractivity contribution in [3.05, 3.63) is 64.3 Å². The Balaban J connectivity index is 1.23. The number of amides is 2. The molecule has 1 unspecified atom stereocenters. The second-order valence-corrected chi connectivity index (χ2v) is 11.3. The second kappa shape index (κ2) is 11.0. The van der Waals surface area contributed by atoms with Gasteiger partial charge in [0.15, 0.2) is 6.23 Å². The number of nitrogens with one attached hydrogen (secondary N) is 1. The van der Waals surface area contributed by atoms with E-state index in [-0.39, 0.29) is 23.4 Å². The lowest BCUT2D eigenvalue weighted by atomic mass is 10.2. The van der Waals surface area contributed by atoms with Crippen molar-refractivity contribution in [2.45, 2.75) is 39.5 Å². The van der Waals surface area contributed by atoms with Crippen molar-refractivity contribution in [3.8, 4) is 5.88 Å². The first-order valence-electron chi connectivity index (χ1n) is 12.9. The third kappa shape index (κ3) is 5.88. The van der Waals surface area contributed by atoms with Gasteiger partial charge in [0.05, 0.1) is 15.7 Å². The van der Waals surface area contributed by atoms with Gasteiger partial charge in [0.2, 0.25) is 11.8 Å². The Morgan fingerprint density at radius 1 is 1.05 bits per heavy atom. The number of aromatic nitrogens is 2. The van der Waals surface area contributed by atoms with Gasteiger partial charge in [-0.3, -0.25) is 9.69 Å². The van der Waals surface area contributed by atoms with Crippen LogP contribution in [0.1, 0.15) is 38.1 Å². The van der Waals surface area contributed by atoms with E-state index in [4.69, 9.17) is 32.7 Å². The number of fused-ring (bicyclic) bond motifs is 1. The van der Waals surface area contributed by atoms with Crippen molar-refractivity contribution in [2.75, 3.05) is 41.3 Å². The van der Waals surface area contributed by atoms with E-state index in [0.29, 0.717) is 47.9 Å². The van der Waals surface area contributed by atoms with Gasteiger partial charge in [-0.15, -0.1) is 0 Å². The van der Waals surface area contributed by atoms with Crippen LogP contribution in [-0.2, 0) is 4.74 Å². The number of halogens is 2. The van der Waals surface area contributed by atoms with Crippen LogP contribution >= 0.6 is 23.2 Å². The van der Waals surface area contributed by atoms with Gasteiger partial charge in [0, 0.05) is 43.8 Å². The minimum Gasteiger partial charge on any atom is -0.453 e. The van der Waals surface area contributed by atoms with E-state index in [1.165, 1.54) is 11.1 Å². The average molecular weight is 585 g/mol. The first-order valence-corrected chi connectivity index (χ1v) is 13.7. The zero-order chi connectivity index (χ0) is 28.6. The highest BCUT2D eigenvalue weighted by molar-refractivity contribution is 6.40. The van der Waals surface area contributed by atoms with E-state index >= 15 is 0 Å². The van der Waals surface area contributed by atoms with E-state index in [2.05, 4.69) is 20.2 Å². The predicted octanol–water partition coefficient (Wildman–Crippen LogP) is 5.97. The molecule has 0 bridgehead atoms. The highest BCUT2D eigenvalue weighted by Crippen LogP contribution is 2.39. The predicted molar refractivity (Wildman–Crippen MR) is 155 cm³/mol. The monoisotopic (exact) mass is 584 g/mol. The largest absolute Gasteiger partial charge is 0.453 e. The van der Waals surface area contributed by atoms with Gasteiger partial charge in [0.25, 0.3) is 5.91 Å². The smallest absolute Gasteiger partial charge is 0.410 e. The molecule has 40 heavy (non-hydrogen) atoms. The summed E-state index contributed by atoms with van der Waals surface area (Å²) >= 11 is 12.7. The fourth-order valence-electron chi connectivity index (χ4n) is 4.53. The highest BCUT2D eigenvalue weighted by atomic mass is 35.5. The Kier molecular flexibility index (Phi) is 7.65. The Morgan fingerprint density at radius 2 is 1.70 bits per heavy atom. The highest BCUT2D eigenvalue weighted by Gasteiger charge is 2.36. The summed E-state index contributed by atoms with van der Waals surface area (Å²) in [6.45, 7) is 9.92. The first-order chi connectivity index (χ1) is 19.0. The fourth-order valence-corrected chi connectivity index (χ4v) is 5.11. The molecule has 2 aliphatic rings. The van der Waals surface area contributed by atoms with Crippen LogP contribution in [0.3, 0.4) is 0 Å². The van der Waals surface area contributed by atoms with E-state index in [9.17, 15) is 9.59 Å². The molecule has 210 valence electrons. The summed E-state index contributed by atoms with van der Waals surface area (Å²) in [5.74, 6) is 0.113. The number of anilines is 4. The van der Waals surface area contributed by atoms with Gasteiger partial charge in [-0.05, 0) is 64.1 Å². The molecule has 1 N–H and O–H groups in total. The molecule has 1 aromatic heterocycles. The Morgan fingerprint density at radius 3 is 2.33 bits per heavy atom. The van der Waals surface area contributed by atoms with Crippen LogP contribution in [0.4, 0.5) is 27.8 Å². The van der Waals surface area contributed by atoms with Crippen molar-refractivity contribution in [1.82, 2.24) is 14.9 Å². The molecule has 10 nitrogen and oxygen atoms in total. The van der Waals surface area contributed by atoms with Crippen LogP contribution in [0.15, 0.2) is 48.7 Å². The molecule has 2 aromatic carbocycles. The molecular weight excluding hydrogens is 555 g/mol. The number of hydrogen-bond donors (Lipinski definition) is 1. The molecule has 0 radical (unpaired) electrons. The zero-order valence-electron chi connectivity index (χ0n) is 22.6. The number of nitrogens with zero attached hydrogens (tertiary/aromatic N) is 5. The lowest BCUT2D eigenvalue weighted by Crippen LogP contribution is -2.50. The molecular formula is C28H30Cl2N6O4. The van der Waals surface area contributed by atoms with E-state index in [1.54, 1.807) is 30.0 Å². The number of hydrogen-bond acceptors (Lipinski definition) is 8. The molecule has 2 aliphatic heterocycles. The van der Waals surface area contributed by atoms with Crippen LogP contribution < -0.4 is 19.9 Å². The molecule has 0 aliphatic carbocycles. The third-order valence-corrected chi connectivity index (χ3v) is 7.06. The molecule has 5 rings (SSSR count). The molecule has 2 amide bonds. The first kappa shape index (κ1) is 27.8. The molecule has 0 saturated carbocycles. The summed E-state index contributed by atoms with van der Waals surface area (Å²) in [6, 6.07) is 12.9. The SMILES string of the molecule is CC1Oc2nc(Nc3ccc(N4CCN(C(=O)OC(C)(C)C)CC4)cc3)ncc2C(=O)N1c1c(Cl)cccc1Cl. The lowest BCUT2D eigenvalue weighted by molar-refractivity contribution is 0.0240. The third-order valence-electron chi connectivity index (χ3n) is 6.45. The van der Waals surface area contributed by atoms with E-state index < -0.39 is 11.8 Å². The fraction of sp³-hybridized carbons (Fsp3) is 0.357. The van der Waals surface area contributed by atoms with Crippen molar-refractivity contribution in [3.63, 3.8) is 0 Å². The van der Waals surface area contributed by atoms with Crippen LogP contribution in [0.5, 0.6) is 5.88 Å². The second-order valence-electron chi connectivity index (χ2n) is 10.5. The quantitative estimate of drug-likeness (QED) is 0.400. The van der Waals surface area contributed by atoms with Gasteiger partial charge >= 0.3 is 6.09 Å². The number of ether oxygens (including phenoxy) is 2. The molecule has 0 spiro atoms. The molecule has 1 atom stereocenters. The van der Waals surface area contributed by atoms with Gasteiger partial charge in [-0.2, -0.15) is 4.98 Å². The number of para-hydroxylation sites is 1. The maximum Gasteiger partial charge on any atom is 0.410 e. The summed E-state index contributed by atoms with van der Waals surface area (Å²) in [5, 5.41) is 3.84. The zero-order valence-corrected chi connectivity index (χ0v) is 24.2. The maximum absolute atomic E-state index is 13.3. The van der Waals surface area contributed by atoms with Crippen LogP contribution in [-0.4, -0.2) is 64.9 Å². The molecule has 12 heteroatoms. The summed E-state index contributed by atoms with van der Waals surface area (Å²) in [7, 11) is 0. The van der Waals surface area contributed by atoms with Gasteiger partial charge in [-0.1, -0.05) is 29.3 Å². The van der Waals surface area contributed by atoms with Gasteiger partial charge in [0.1, 0.15) is 11.2 Å². The summed E-state index contributed by atoms with van der Waals surface area (Å²) in [6.07, 6.45) is 0.460. The number of benzene rings is 2. The molecule has 3 aromatic rings. The van der Waals surface area contributed by atoms with Crippen molar-refractivity contribution < 1.29 is 19.1 Å². The number of piperazine rings is 1.